The smallest absolute Gasteiger partial charge is 0.180 e. The largest absolute Gasteiger partial charge is 0.377 e. The number of nitrogens with zero attached hydrogens (tertiary/aromatic N) is 2. The molecule has 0 heterocycles. The lowest BCUT2D eigenvalue weighted by atomic mass is 10.2. The van der Waals surface area contributed by atoms with Crippen LogP contribution >= 0.6 is 35.0 Å². The third kappa shape index (κ3) is 3.74. The summed E-state index contributed by atoms with van der Waals surface area (Å²) < 4.78 is 0. The molecule has 0 atom stereocenters. The van der Waals surface area contributed by atoms with Crippen molar-refractivity contribution in [2.75, 3.05) is 6.26 Å². The topological polar surface area (TPSA) is 50.7 Å². The molecule has 80 valence electrons. The van der Waals surface area contributed by atoms with Crippen LogP contribution in [0.15, 0.2) is 28.4 Å². The second kappa shape index (κ2) is 6.00. The highest BCUT2D eigenvalue weighted by atomic mass is 35.5. The van der Waals surface area contributed by atoms with Gasteiger partial charge in [-0.25, -0.2) is 0 Å². The molecular weight excluding hydrogens is 253 g/mol. The first-order valence-electron chi connectivity index (χ1n) is 3.99. The molecule has 6 heteroatoms. The van der Waals surface area contributed by atoms with Crippen LogP contribution < -0.4 is 5.73 Å². The van der Waals surface area contributed by atoms with E-state index in [0.29, 0.717) is 20.8 Å². The van der Waals surface area contributed by atoms with Crippen molar-refractivity contribution in [1.29, 1.82) is 0 Å². The van der Waals surface area contributed by atoms with Crippen molar-refractivity contribution in [2.45, 2.75) is 0 Å². The Balaban J connectivity index is 2.90. The SMILES string of the molecule is CSC(N)=NN=Cc1c(Cl)cccc1Cl. The van der Waals surface area contributed by atoms with Gasteiger partial charge in [-0.3, -0.25) is 0 Å². The van der Waals surface area contributed by atoms with Gasteiger partial charge in [0, 0.05) is 5.56 Å². The summed E-state index contributed by atoms with van der Waals surface area (Å²) in [6.45, 7) is 0. The molecule has 3 nitrogen and oxygen atoms in total. The predicted octanol–water partition coefficient (Wildman–Crippen LogP) is 3.01. The fourth-order valence-corrected chi connectivity index (χ4v) is 1.44. The van der Waals surface area contributed by atoms with Crippen LogP contribution in [-0.4, -0.2) is 17.6 Å². The van der Waals surface area contributed by atoms with Gasteiger partial charge < -0.3 is 5.73 Å². The zero-order valence-electron chi connectivity index (χ0n) is 7.95. The van der Waals surface area contributed by atoms with E-state index in [4.69, 9.17) is 28.9 Å². The molecule has 0 spiro atoms. The minimum Gasteiger partial charge on any atom is -0.377 e. The van der Waals surface area contributed by atoms with Gasteiger partial charge in [0.1, 0.15) is 0 Å². The van der Waals surface area contributed by atoms with Crippen LogP contribution in [0.1, 0.15) is 5.56 Å². The van der Waals surface area contributed by atoms with Crippen LogP contribution in [0.2, 0.25) is 10.0 Å². The number of benzene rings is 1. The Morgan fingerprint density at radius 3 is 2.53 bits per heavy atom. The molecule has 0 amide bonds. The van der Waals surface area contributed by atoms with Gasteiger partial charge in [-0.15, -0.1) is 5.10 Å². The Labute approximate surface area is 102 Å². The van der Waals surface area contributed by atoms with Gasteiger partial charge in [0.25, 0.3) is 0 Å². The van der Waals surface area contributed by atoms with Crippen LogP contribution in [0.25, 0.3) is 0 Å². The molecule has 1 rings (SSSR count). The maximum absolute atomic E-state index is 5.92. The Morgan fingerprint density at radius 2 is 2.00 bits per heavy atom. The van der Waals surface area contributed by atoms with Crippen molar-refractivity contribution >= 4 is 46.3 Å². The highest BCUT2D eigenvalue weighted by Crippen LogP contribution is 2.22. The van der Waals surface area contributed by atoms with Crippen molar-refractivity contribution in [3.63, 3.8) is 0 Å². The van der Waals surface area contributed by atoms with E-state index in [-0.39, 0.29) is 0 Å². The molecule has 0 unspecified atom stereocenters. The summed E-state index contributed by atoms with van der Waals surface area (Å²) in [7, 11) is 0. The maximum Gasteiger partial charge on any atom is 0.180 e. The normalized spacial score (nSPS) is 12.3. The summed E-state index contributed by atoms with van der Waals surface area (Å²) in [6.07, 6.45) is 3.30. The molecule has 0 aromatic heterocycles. The summed E-state index contributed by atoms with van der Waals surface area (Å²) in [6, 6.07) is 5.23. The number of hydrogen-bond acceptors (Lipinski definition) is 3. The highest BCUT2D eigenvalue weighted by molar-refractivity contribution is 8.13. The van der Waals surface area contributed by atoms with E-state index in [2.05, 4.69) is 10.2 Å². The second-order valence-corrected chi connectivity index (χ2v) is 4.16. The Morgan fingerprint density at radius 1 is 1.40 bits per heavy atom. The highest BCUT2D eigenvalue weighted by Gasteiger charge is 2.01. The van der Waals surface area contributed by atoms with Crippen LogP contribution in [0.4, 0.5) is 0 Å². The molecule has 0 aliphatic carbocycles. The van der Waals surface area contributed by atoms with Crippen molar-refractivity contribution in [3.8, 4) is 0 Å². The minimum absolute atomic E-state index is 0.384. The Kier molecular flexibility index (Phi) is 4.94. The molecule has 0 aliphatic rings. The number of hydrogen-bond donors (Lipinski definition) is 1. The van der Waals surface area contributed by atoms with Gasteiger partial charge in [0.15, 0.2) is 5.17 Å². The number of rotatable bonds is 2. The van der Waals surface area contributed by atoms with Crippen LogP contribution in [0.5, 0.6) is 0 Å². The fourth-order valence-electron chi connectivity index (χ4n) is 0.818. The molecule has 15 heavy (non-hydrogen) atoms. The lowest BCUT2D eigenvalue weighted by molar-refractivity contribution is 1.25. The first-order chi connectivity index (χ1) is 7.15. The summed E-state index contributed by atoms with van der Waals surface area (Å²) in [5, 5.41) is 8.96. The van der Waals surface area contributed by atoms with E-state index in [0.717, 1.165) is 0 Å². The number of halogens is 2. The monoisotopic (exact) mass is 261 g/mol. The lowest BCUT2D eigenvalue weighted by Crippen LogP contribution is -2.03. The molecule has 0 saturated carbocycles. The third-order valence-corrected chi connectivity index (χ3v) is 2.71. The van der Waals surface area contributed by atoms with Gasteiger partial charge in [0.05, 0.1) is 16.3 Å². The van der Waals surface area contributed by atoms with E-state index >= 15 is 0 Å². The zero-order chi connectivity index (χ0) is 11.3. The quantitative estimate of drug-likeness (QED) is 0.506. The fraction of sp³-hybridized carbons (Fsp3) is 0.111. The second-order valence-electron chi connectivity index (χ2n) is 2.52. The summed E-state index contributed by atoms with van der Waals surface area (Å²) >= 11 is 13.2. The summed E-state index contributed by atoms with van der Waals surface area (Å²) in [5.41, 5.74) is 6.08. The number of thioether (sulfide) groups is 1. The van der Waals surface area contributed by atoms with Crippen LogP contribution in [-0.2, 0) is 0 Å². The first-order valence-corrected chi connectivity index (χ1v) is 5.97. The predicted molar refractivity (Wildman–Crippen MR) is 69.2 cm³/mol. The van der Waals surface area contributed by atoms with Gasteiger partial charge in [-0.2, -0.15) is 5.10 Å². The number of nitrogens with two attached hydrogens (primary N) is 1. The van der Waals surface area contributed by atoms with E-state index in [9.17, 15) is 0 Å². The van der Waals surface area contributed by atoms with E-state index < -0.39 is 0 Å². The molecule has 1 aromatic carbocycles. The van der Waals surface area contributed by atoms with Crippen molar-refractivity contribution in [3.05, 3.63) is 33.8 Å². The number of amidine groups is 1. The van der Waals surface area contributed by atoms with Gasteiger partial charge in [-0.1, -0.05) is 41.0 Å². The van der Waals surface area contributed by atoms with Crippen molar-refractivity contribution in [2.24, 2.45) is 15.9 Å². The standard InChI is InChI=1S/C9H9Cl2N3S/c1-15-9(12)14-13-5-6-7(10)3-2-4-8(6)11/h2-5H,1H3,(H2,12,14). The van der Waals surface area contributed by atoms with E-state index in [1.54, 1.807) is 18.2 Å². The van der Waals surface area contributed by atoms with Crippen LogP contribution in [0.3, 0.4) is 0 Å². The van der Waals surface area contributed by atoms with Crippen LogP contribution in [0, 0.1) is 0 Å². The molecule has 0 aliphatic heterocycles. The molecule has 0 radical (unpaired) electrons. The molecule has 0 fully saturated rings. The van der Waals surface area contributed by atoms with E-state index in [1.807, 2.05) is 6.26 Å². The molecular formula is C9H9Cl2N3S. The van der Waals surface area contributed by atoms with Crippen molar-refractivity contribution < 1.29 is 0 Å². The van der Waals surface area contributed by atoms with Gasteiger partial charge >= 0.3 is 0 Å². The summed E-state index contributed by atoms with van der Waals surface area (Å²) in [5.74, 6) is 0. The summed E-state index contributed by atoms with van der Waals surface area (Å²) in [4.78, 5) is 0. The zero-order valence-corrected chi connectivity index (χ0v) is 10.3. The molecule has 0 bridgehead atoms. The minimum atomic E-state index is 0.384. The molecule has 2 N–H and O–H groups in total. The Bertz CT molecular complexity index is 384. The van der Waals surface area contributed by atoms with Gasteiger partial charge in [-0.05, 0) is 18.4 Å². The average Bonchev–Trinajstić information content (AvgIpc) is 2.22. The Hall–Kier alpha value is -0.710. The third-order valence-electron chi connectivity index (χ3n) is 1.55. The lowest BCUT2D eigenvalue weighted by Gasteiger charge is -1.98. The molecule has 0 saturated heterocycles. The van der Waals surface area contributed by atoms with Crippen molar-refractivity contribution in [1.82, 2.24) is 0 Å². The average molecular weight is 262 g/mol. The first kappa shape index (κ1) is 12.4. The van der Waals surface area contributed by atoms with E-state index in [1.165, 1.54) is 18.0 Å². The maximum atomic E-state index is 5.92. The van der Waals surface area contributed by atoms with Gasteiger partial charge in [0.2, 0.25) is 0 Å². The molecule has 1 aromatic rings.